The summed E-state index contributed by atoms with van der Waals surface area (Å²) in [7, 11) is 0. The molecular formula is C10H21N3S. The number of nitrogens with two attached hydrogens (primary N) is 1. The summed E-state index contributed by atoms with van der Waals surface area (Å²) in [6.45, 7) is 9.82. The lowest BCUT2D eigenvalue weighted by Crippen LogP contribution is -2.51. The molecule has 82 valence electrons. The normalized spacial score (nSPS) is 22.1. The molecule has 0 aliphatic carbocycles. The molecule has 4 heteroatoms. The molecule has 1 saturated heterocycles. The Morgan fingerprint density at radius 3 is 2.36 bits per heavy atom. The van der Waals surface area contributed by atoms with Crippen LogP contribution in [0.25, 0.3) is 0 Å². The van der Waals surface area contributed by atoms with Crippen LogP contribution in [0.2, 0.25) is 0 Å². The van der Waals surface area contributed by atoms with Crippen molar-refractivity contribution in [1.82, 2.24) is 9.80 Å². The van der Waals surface area contributed by atoms with Gasteiger partial charge in [-0.05, 0) is 13.3 Å². The van der Waals surface area contributed by atoms with Crippen molar-refractivity contribution in [2.45, 2.75) is 26.3 Å². The van der Waals surface area contributed by atoms with E-state index in [0.29, 0.717) is 11.0 Å². The maximum absolute atomic E-state index is 5.52. The summed E-state index contributed by atoms with van der Waals surface area (Å²) in [5.41, 5.74) is 5.52. The molecule has 0 bridgehead atoms. The quantitative estimate of drug-likeness (QED) is 0.699. The smallest absolute Gasteiger partial charge is 0.0870 e. The van der Waals surface area contributed by atoms with Gasteiger partial charge in [-0.15, -0.1) is 0 Å². The van der Waals surface area contributed by atoms with Crippen molar-refractivity contribution in [2.24, 2.45) is 5.73 Å². The van der Waals surface area contributed by atoms with Crippen molar-refractivity contribution in [1.29, 1.82) is 0 Å². The van der Waals surface area contributed by atoms with Gasteiger partial charge >= 0.3 is 0 Å². The van der Waals surface area contributed by atoms with E-state index in [4.69, 9.17) is 18.0 Å². The first-order chi connectivity index (χ1) is 6.63. The Morgan fingerprint density at radius 2 is 1.93 bits per heavy atom. The molecule has 1 aliphatic rings. The maximum atomic E-state index is 5.52. The van der Waals surface area contributed by atoms with Crippen LogP contribution in [0.4, 0.5) is 0 Å². The van der Waals surface area contributed by atoms with E-state index < -0.39 is 0 Å². The third kappa shape index (κ3) is 3.52. The molecule has 0 saturated carbocycles. The zero-order valence-corrected chi connectivity index (χ0v) is 10.0. The van der Waals surface area contributed by atoms with Crippen LogP contribution in [0, 0.1) is 0 Å². The maximum Gasteiger partial charge on any atom is 0.0870 e. The summed E-state index contributed by atoms with van der Waals surface area (Å²) in [6.07, 6.45) is 1.23. The summed E-state index contributed by atoms with van der Waals surface area (Å²) in [5.74, 6) is 0. The zero-order valence-electron chi connectivity index (χ0n) is 9.20. The molecule has 1 atom stereocenters. The van der Waals surface area contributed by atoms with E-state index in [1.165, 1.54) is 6.42 Å². The minimum atomic E-state index is 0.613. The molecule has 0 aromatic heterocycles. The van der Waals surface area contributed by atoms with Crippen molar-refractivity contribution < 1.29 is 0 Å². The Hall–Kier alpha value is -0.190. The monoisotopic (exact) mass is 215 g/mol. The molecule has 1 aliphatic heterocycles. The predicted molar refractivity (Wildman–Crippen MR) is 64.6 cm³/mol. The Balaban J connectivity index is 2.27. The number of rotatable bonds is 4. The summed E-state index contributed by atoms with van der Waals surface area (Å²) in [4.78, 5) is 5.49. The Kier molecular flexibility index (Phi) is 4.78. The molecule has 1 fully saturated rings. The first-order valence-electron chi connectivity index (χ1n) is 5.38. The van der Waals surface area contributed by atoms with Crippen LogP contribution in [0.5, 0.6) is 0 Å². The van der Waals surface area contributed by atoms with Crippen LogP contribution >= 0.6 is 12.2 Å². The van der Waals surface area contributed by atoms with E-state index in [-0.39, 0.29) is 0 Å². The molecule has 14 heavy (non-hydrogen) atoms. The van der Waals surface area contributed by atoms with E-state index in [2.05, 4.69) is 23.6 Å². The van der Waals surface area contributed by atoms with Crippen molar-refractivity contribution in [2.75, 3.05) is 32.7 Å². The van der Waals surface area contributed by atoms with E-state index >= 15 is 0 Å². The van der Waals surface area contributed by atoms with Gasteiger partial charge in [-0.25, -0.2) is 0 Å². The lowest BCUT2D eigenvalue weighted by molar-refractivity contribution is 0.111. The van der Waals surface area contributed by atoms with Crippen LogP contribution in [-0.2, 0) is 0 Å². The van der Waals surface area contributed by atoms with Crippen molar-refractivity contribution in [3.63, 3.8) is 0 Å². The second-order valence-corrected chi connectivity index (χ2v) is 4.56. The summed E-state index contributed by atoms with van der Waals surface area (Å²) in [5, 5.41) is 0. The van der Waals surface area contributed by atoms with Gasteiger partial charge in [-0.2, -0.15) is 0 Å². The number of nitrogens with zero attached hydrogens (tertiary/aromatic N) is 2. The highest BCUT2D eigenvalue weighted by Crippen LogP contribution is 2.08. The van der Waals surface area contributed by atoms with Gasteiger partial charge in [0.1, 0.15) is 0 Å². The third-order valence-electron chi connectivity index (χ3n) is 3.00. The minimum Gasteiger partial charge on any atom is -0.392 e. The zero-order chi connectivity index (χ0) is 10.6. The van der Waals surface area contributed by atoms with Crippen LogP contribution < -0.4 is 5.73 Å². The molecule has 0 amide bonds. The lowest BCUT2D eigenvalue weighted by atomic mass is 10.2. The standard InChI is InChI=1S/C10H21N3S/c1-3-9(2)13-6-4-12(5-7-13)8-10(11)14/h9H,3-8H2,1-2H3,(H2,11,14). The Bertz CT molecular complexity index is 188. The number of piperazine rings is 1. The average Bonchev–Trinajstić information content (AvgIpc) is 2.17. The summed E-state index contributed by atoms with van der Waals surface area (Å²) >= 11 is 4.90. The van der Waals surface area contributed by atoms with Gasteiger partial charge in [-0.3, -0.25) is 9.80 Å². The van der Waals surface area contributed by atoms with Gasteiger partial charge in [0.2, 0.25) is 0 Å². The van der Waals surface area contributed by atoms with E-state index in [1.807, 2.05) is 0 Å². The highest BCUT2D eigenvalue weighted by Gasteiger charge is 2.19. The van der Waals surface area contributed by atoms with Crippen molar-refractivity contribution >= 4 is 17.2 Å². The fourth-order valence-corrected chi connectivity index (χ4v) is 2.02. The molecule has 0 aromatic rings. The number of hydrogen-bond donors (Lipinski definition) is 1. The predicted octanol–water partition coefficient (Wildman–Crippen LogP) is 0.689. The number of hydrogen-bond acceptors (Lipinski definition) is 3. The van der Waals surface area contributed by atoms with E-state index in [1.54, 1.807) is 0 Å². The molecule has 1 unspecified atom stereocenters. The molecule has 2 N–H and O–H groups in total. The molecule has 1 heterocycles. The van der Waals surface area contributed by atoms with Gasteiger partial charge in [0.25, 0.3) is 0 Å². The first-order valence-corrected chi connectivity index (χ1v) is 5.79. The summed E-state index contributed by atoms with van der Waals surface area (Å²) < 4.78 is 0. The van der Waals surface area contributed by atoms with Gasteiger partial charge in [0, 0.05) is 38.8 Å². The van der Waals surface area contributed by atoms with Crippen LogP contribution in [0.3, 0.4) is 0 Å². The summed E-state index contributed by atoms with van der Waals surface area (Å²) in [6, 6.07) is 0.710. The van der Waals surface area contributed by atoms with Gasteiger partial charge in [0.15, 0.2) is 0 Å². The molecule has 1 rings (SSSR count). The second kappa shape index (κ2) is 5.63. The Labute approximate surface area is 92.2 Å². The second-order valence-electron chi connectivity index (χ2n) is 4.04. The largest absolute Gasteiger partial charge is 0.392 e. The van der Waals surface area contributed by atoms with Crippen molar-refractivity contribution in [3.8, 4) is 0 Å². The van der Waals surface area contributed by atoms with Crippen LogP contribution in [0.1, 0.15) is 20.3 Å². The van der Waals surface area contributed by atoms with Gasteiger partial charge in [-0.1, -0.05) is 19.1 Å². The molecule has 0 radical (unpaired) electrons. The van der Waals surface area contributed by atoms with Gasteiger partial charge < -0.3 is 5.73 Å². The first kappa shape index (κ1) is 11.9. The SMILES string of the molecule is CCC(C)N1CCN(CC(N)=S)CC1. The molecule has 0 spiro atoms. The lowest BCUT2D eigenvalue weighted by Gasteiger charge is -2.37. The van der Waals surface area contributed by atoms with E-state index in [0.717, 1.165) is 32.7 Å². The van der Waals surface area contributed by atoms with Gasteiger partial charge in [0.05, 0.1) is 4.99 Å². The van der Waals surface area contributed by atoms with Crippen LogP contribution in [0.15, 0.2) is 0 Å². The van der Waals surface area contributed by atoms with Crippen LogP contribution in [-0.4, -0.2) is 53.6 Å². The van der Waals surface area contributed by atoms with Crippen molar-refractivity contribution in [3.05, 3.63) is 0 Å². The highest BCUT2D eigenvalue weighted by molar-refractivity contribution is 7.80. The minimum absolute atomic E-state index is 0.613. The fourth-order valence-electron chi connectivity index (χ4n) is 1.84. The number of thiocarbonyl (C=S) groups is 1. The molecule has 0 aromatic carbocycles. The highest BCUT2D eigenvalue weighted by atomic mass is 32.1. The Morgan fingerprint density at radius 1 is 1.36 bits per heavy atom. The molecule has 3 nitrogen and oxygen atoms in total. The average molecular weight is 215 g/mol. The third-order valence-corrected chi connectivity index (χ3v) is 3.13. The van der Waals surface area contributed by atoms with E-state index in [9.17, 15) is 0 Å². The fraction of sp³-hybridized carbons (Fsp3) is 0.900. The topological polar surface area (TPSA) is 32.5 Å². The molecular weight excluding hydrogens is 194 g/mol.